The summed E-state index contributed by atoms with van der Waals surface area (Å²) in [6, 6.07) is 0. The van der Waals surface area contributed by atoms with Crippen LogP contribution in [0.2, 0.25) is 0 Å². The van der Waals surface area contributed by atoms with Crippen LogP contribution in [0.1, 0.15) is 598 Å². The monoisotopic (exact) mass is 1300 g/mol. The Kier molecular flexibility index (Phi) is 139. The van der Waals surface area contributed by atoms with Gasteiger partial charge in [0, 0.05) is 0 Å². The minimum Gasteiger partial charge on any atom is -0.0654 e. The van der Waals surface area contributed by atoms with Crippen molar-refractivity contribution >= 4 is 0 Å². The van der Waals surface area contributed by atoms with Crippen LogP contribution >= 0.6 is 0 Å². The first-order valence-corrected chi connectivity index (χ1v) is 45.4. The summed E-state index contributed by atoms with van der Waals surface area (Å²) < 4.78 is 0. The van der Waals surface area contributed by atoms with E-state index < -0.39 is 0 Å². The van der Waals surface area contributed by atoms with Crippen LogP contribution in [0.15, 0.2) is 0 Å². The average molecular weight is 1300 g/mol. The van der Waals surface area contributed by atoms with Crippen molar-refractivity contribution in [2.24, 2.45) is 0 Å². The van der Waals surface area contributed by atoms with E-state index in [-0.39, 0.29) is 0 Å². The standard InChI is InChI=1S/7C6H14.10C5H10/c7*1-3-5-6-4-2;10*1-2-4-5-3-1/h7*3-6H2,1-2H3;10*1-5H2. The summed E-state index contributed by atoms with van der Waals surface area (Å²) in [5, 5.41) is 0. The first-order chi connectivity index (χ1) is 45.4. The van der Waals surface area contributed by atoms with Crippen molar-refractivity contribution in [1.82, 2.24) is 0 Å². The van der Waals surface area contributed by atoms with Gasteiger partial charge in [-0.2, -0.15) is 0 Å². The number of hydrogen-bond acceptors (Lipinski definition) is 0. The SMILES string of the molecule is C1CCCC1.C1CCCC1.C1CCCC1.C1CCCC1.C1CCCC1.C1CCCC1.C1CCCC1.C1CCCC1.C1CCCC1.C1CCCC1.CCCCCC.CCCCCC.CCCCCC.CCCCCC.CCCCCC.CCCCCC.CCCCCC. The molecule has 0 saturated heterocycles. The molecule has 0 spiro atoms. The Morgan fingerprint density at radius 1 is 0.0761 bits per heavy atom. The van der Waals surface area contributed by atoms with Crippen LogP contribution in [0.25, 0.3) is 0 Å². The zero-order valence-electron chi connectivity index (χ0n) is 69.2. The Morgan fingerprint density at radius 2 is 0.109 bits per heavy atom. The highest BCUT2D eigenvalue weighted by atomic mass is 14.1. The van der Waals surface area contributed by atoms with Crippen LogP contribution in [0, 0.1) is 0 Å². The molecule has 0 amide bonds. The molecule has 10 aliphatic rings. The largest absolute Gasteiger partial charge is 0.0654 e. The zero-order chi connectivity index (χ0) is 69.2. The van der Waals surface area contributed by atoms with Crippen LogP contribution in [0.5, 0.6) is 0 Å². The second-order valence-electron chi connectivity index (χ2n) is 29.6. The Labute approximate surface area is 594 Å². The Morgan fingerprint density at radius 3 is 0.130 bits per heavy atom. The molecule has 0 atom stereocenters. The van der Waals surface area contributed by atoms with Crippen molar-refractivity contribution in [2.45, 2.75) is 598 Å². The van der Waals surface area contributed by atoms with Gasteiger partial charge in [-0.25, -0.2) is 0 Å². The fraction of sp³-hybridized carbons (Fsp3) is 1.00. The number of rotatable bonds is 21. The van der Waals surface area contributed by atoms with E-state index in [4.69, 9.17) is 0 Å². The maximum atomic E-state index is 2.23. The highest BCUT2D eigenvalue weighted by Crippen LogP contribution is 2.20. The summed E-state index contributed by atoms with van der Waals surface area (Å²) in [4.78, 5) is 0. The van der Waals surface area contributed by atoms with Gasteiger partial charge in [-0.1, -0.05) is 598 Å². The highest BCUT2D eigenvalue weighted by Gasteiger charge is 2.00. The molecule has 10 aliphatic carbocycles. The summed E-state index contributed by atoms with van der Waals surface area (Å²) in [6.45, 7) is 31.2. The van der Waals surface area contributed by atoms with Gasteiger partial charge < -0.3 is 0 Å². The van der Waals surface area contributed by atoms with E-state index in [1.165, 1.54) is 501 Å². The normalized spacial score (nSPS) is 17.2. The number of unbranched alkanes of at least 4 members (excludes halogenated alkanes) is 21. The Bertz CT molecular complexity index is 592. The van der Waals surface area contributed by atoms with E-state index in [0.717, 1.165) is 0 Å². The second-order valence-corrected chi connectivity index (χ2v) is 29.6. The summed E-state index contributed by atoms with van der Waals surface area (Å²) >= 11 is 0. The first kappa shape index (κ1) is 105. The molecular formula is C92H198. The summed E-state index contributed by atoms with van der Waals surface area (Å²) in [5.74, 6) is 0. The second kappa shape index (κ2) is 121. The molecule has 10 rings (SSSR count). The van der Waals surface area contributed by atoms with Crippen molar-refractivity contribution in [1.29, 1.82) is 0 Å². The van der Waals surface area contributed by atoms with Gasteiger partial charge in [0.25, 0.3) is 0 Å². The van der Waals surface area contributed by atoms with Crippen LogP contribution in [-0.4, -0.2) is 0 Å². The lowest BCUT2D eigenvalue weighted by Gasteiger charge is -1.86. The lowest BCUT2D eigenvalue weighted by Crippen LogP contribution is -1.66. The van der Waals surface area contributed by atoms with Gasteiger partial charge in [0.05, 0.1) is 0 Å². The van der Waals surface area contributed by atoms with Crippen molar-refractivity contribution in [3.63, 3.8) is 0 Å². The summed E-state index contributed by atoms with van der Waals surface area (Å²) in [6.07, 6.45) is 114. The molecule has 0 aliphatic heterocycles. The third-order valence-corrected chi connectivity index (χ3v) is 19.2. The topological polar surface area (TPSA) is 0 Å². The van der Waals surface area contributed by atoms with Crippen molar-refractivity contribution in [3.8, 4) is 0 Å². The molecule has 0 heteroatoms. The quantitative estimate of drug-likeness (QED) is 0.101. The van der Waals surface area contributed by atoms with E-state index in [1.54, 1.807) is 0 Å². The van der Waals surface area contributed by atoms with Crippen LogP contribution in [-0.2, 0) is 0 Å². The molecule has 10 fully saturated rings. The summed E-state index contributed by atoms with van der Waals surface area (Å²) in [5.41, 5.74) is 0. The van der Waals surface area contributed by atoms with E-state index >= 15 is 0 Å². The number of hydrogen-bond donors (Lipinski definition) is 0. The molecule has 92 heavy (non-hydrogen) atoms. The molecule has 0 aromatic carbocycles. The Balaban J connectivity index is -0.000000167. The van der Waals surface area contributed by atoms with Crippen LogP contribution in [0.4, 0.5) is 0 Å². The molecule has 0 N–H and O–H groups in total. The van der Waals surface area contributed by atoms with Gasteiger partial charge in [-0.3, -0.25) is 0 Å². The van der Waals surface area contributed by atoms with E-state index in [0.29, 0.717) is 0 Å². The molecule has 0 unspecified atom stereocenters. The van der Waals surface area contributed by atoms with Gasteiger partial charge in [0.15, 0.2) is 0 Å². The first-order valence-electron chi connectivity index (χ1n) is 45.4. The fourth-order valence-corrected chi connectivity index (χ4v) is 12.3. The maximum Gasteiger partial charge on any atom is -0.0533 e. The zero-order valence-corrected chi connectivity index (χ0v) is 69.2. The lowest BCUT2D eigenvalue weighted by atomic mass is 10.2. The maximum absolute atomic E-state index is 2.23. The molecule has 10 saturated carbocycles. The average Bonchev–Trinajstić information content (AvgIpc) is 4.45. The predicted octanol–water partition coefficient (Wildman–Crippen LogP) is 37.6. The van der Waals surface area contributed by atoms with Crippen LogP contribution in [0.3, 0.4) is 0 Å². The third kappa shape index (κ3) is 141. The van der Waals surface area contributed by atoms with Gasteiger partial charge in [-0.05, 0) is 0 Å². The summed E-state index contributed by atoms with van der Waals surface area (Å²) in [7, 11) is 0. The van der Waals surface area contributed by atoms with Gasteiger partial charge in [-0.15, -0.1) is 0 Å². The minimum absolute atomic E-state index is 1.36. The molecule has 0 aromatic rings. The van der Waals surface area contributed by atoms with Gasteiger partial charge in [0.2, 0.25) is 0 Å². The smallest absolute Gasteiger partial charge is 0.0533 e. The Hall–Kier alpha value is 0. The van der Waals surface area contributed by atoms with E-state index in [2.05, 4.69) is 96.9 Å². The van der Waals surface area contributed by atoms with Gasteiger partial charge in [0.1, 0.15) is 0 Å². The van der Waals surface area contributed by atoms with Gasteiger partial charge >= 0.3 is 0 Å². The lowest BCUT2D eigenvalue weighted by molar-refractivity contribution is 0.702. The van der Waals surface area contributed by atoms with Crippen molar-refractivity contribution in [2.75, 3.05) is 0 Å². The fourth-order valence-electron chi connectivity index (χ4n) is 12.3. The van der Waals surface area contributed by atoms with Crippen molar-refractivity contribution in [3.05, 3.63) is 0 Å². The molecule has 0 bridgehead atoms. The van der Waals surface area contributed by atoms with Crippen molar-refractivity contribution < 1.29 is 0 Å². The molecular weight excluding hydrogens is 1110 g/mol. The highest BCUT2D eigenvalue weighted by molar-refractivity contribution is 4.56. The minimum atomic E-state index is 1.36. The molecule has 0 radical (unpaired) electrons. The third-order valence-electron chi connectivity index (χ3n) is 19.2. The molecule has 566 valence electrons. The predicted molar refractivity (Wildman–Crippen MR) is 440 cm³/mol. The van der Waals surface area contributed by atoms with E-state index in [9.17, 15) is 0 Å². The molecule has 0 aromatic heterocycles. The molecule has 0 nitrogen and oxygen atoms in total. The van der Waals surface area contributed by atoms with E-state index in [1.807, 2.05) is 0 Å². The molecule has 0 heterocycles. The van der Waals surface area contributed by atoms with Crippen LogP contribution < -0.4 is 0 Å².